The van der Waals surface area contributed by atoms with Crippen LogP contribution in [0.15, 0.2) is 47.9 Å². The van der Waals surface area contributed by atoms with Crippen LogP contribution in [0.25, 0.3) is 0 Å². The Morgan fingerprint density at radius 2 is 2.18 bits per heavy atom. The first kappa shape index (κ1) is 11.7. The molecule has 5 heteroatoms. The molecule has 2 rings (SSSR count). The number of aromatic nitrogens is 3. The lowest BCUT2D eigenvalue weighted by Crippen LogP contribution is -2.05. The van der Waals surface area contributed by atoms with E-state index in [0.29, 0.717) is 6.42 Å². The minimum absolute atomic E-state index is 0.125. The topological polar surface area (TPSA) is 54.5 Å². The number of rotatable bonds is 5. The minimum atomic E-state index is 0.125. The van der Waals surface area contributed by atoms with Crippen molar-refractivity contribution in [3.63, 3.8) is 0 Å². The van der Waals surface area contributed by atoms with Gasteiger partial charge in [0, 0.05) is 11.3 Å². The maximum absolute atomic E-state index is 8.67. The second-order valence-electron chi connectivity index (χ2n) is 3.46. The van der Waals surface area contributed by atoms with Crippen molar-refractivity contribution in [1.82, 2.24) is 14.8 Å². The molecule has 0 saturated heterocycles. The lowest BCUT2D eigenvalue weighted by molar-refractivity contribution is 0.567. The van der Waals surface area contributed by atoms with Gasteiger partial charge in [0.15, 0.2) is 0 Å². The SMILES string of the molecule is N#CCCC(Sc1ccccc1)n1cncn1. The molecule has 86 valence electrons. The first-order chi connectivity index (χ1) is 8.40. The zero-order chi connectivity index (χ0) is 11.9. The van der Waals surface area contributed by atoms with E-state index in [2.05, 4.69) is 28.3 Å². The van der Waals surface area contributed by atoms with Gasteiger partial charge in [-0.3, -0.25) is 0 Å². The molecule has 1 unspecified atom stereocenters. The quantitative estimate of drug-likeness (QED) is 0.759. The Bertz CT molecular complexity index is 475. The van der Waals surface area contributed by atoms with E-state index in [1.807, 2.05) is 18.2 Å². The summed E-state index contributed by atoms with van der Waals surface area (Å²) in [6.07, 6.45) is 4.49. The maximum atomic E-state index is 8.67. The van der Waals surface area contributed by atoms with Gasteiger partial charge in [0.25, 0.3) is 0 Å². The van der Waals surface area contributed by atoms with Gasteiger partial charge in [-0.2, -0.15) is 10.4 Å². The molecular weight excluding hydrogens is 232 g/mol. The molecule has 0 spiro atoms. The molecule has 0 bridgehead atoms. The van der Waals surface area contributed by atoms with Gasteiger partial charge < -0.3 is 0 Å². The molecule has 1 atom stereocenters. The van der Waals surface area contributed by atoms with Crippen molar-refractivity contribution >= 4 is 11.8 Å². The van der Waals surface area contributed by atoms with E-state index < -0.39 is 0 Å². The van der Waals surface area contributed by atoms with Crippen molar-refractivity contribution in [3.05, 3.63) is 43.0 Å². The fourth-order valence-corrected chi connectivity index (χ4v) is 2.54. The van der Waals surface area contributed by atoms with E-state index in [1.165, 1.54) is 11.2 Å². The molecule has 0 N–H and O–H groups in total. The summed E-state index contributed by atoms with van der Waals surface area (Å²) in [4.78, 5) is 5.12. The van der Waals surface area contributed by atoms with Crippen LogP contribution in [0.1, 0.15) is 18.2 Å². The highest BCUT2D eigenvalue weighted by Crippen LogP contribution is 2.33. The Kier molecular flexibility index (Phi) is 4.17. The normalized spacial score (nSPS) is 11.9. The predicted molar refractivity (Wildman–Crippen MR) is 66.2 cm³/mol. The minimum Gasteiger partial charge on any atom is -0.240 e. The highest BCUT2D eigenvalue weighted by Gasteiger charge is 2.12. The van der Waals surface area contributed by atoms with Crippen molar-refractivity contribution < 1.29 is 0 Å². The molecule has 17 heavy (non-hydrogen) atoms. The Labute approximate surface area is 104 Å². The van der Waals surface area contributed by atoms with Gasteiger partial charge in [-0.25, -0.2) is 9.67 Å². The van der Waals surface area contributed by atoms with Crippen LogP contribution in [0.2, 0.25) is 0 Å². The molecule has 1 aromatic carbocycles. The van der Waals surface area contributed by atoms with E-state index in [4.69, 9.17) is 5.26 Å². The van der Waals surface area contributed by atoms with Crippen molar-refractivity contribution in [2.75, 3.05) is 0 Å². The van der Waals surface area contributed by atoms with Gasteiger partial charge in [0.05, 0.1) is 6.07 Å². The Hall–Kier alpha value is -1.80. The first-order valence-electron chi connectivity index (χ1n) is 5.33. The largest absolute Gasteiger partial charge is 0.240 e. The molecule has 2 aromatic rings. The third-order valence-corrected chi connectivity index (χ3v) is 3.52. The zero-order valence-corrected chi connectivity index (χ0v) is 10.0. The Morgan fingerprint density at radius 1 is 1.35 bits per heavy atom. The number of thioether (sulfide) groups is 1. The smallest absolute Gasteiger partial charge is 0.137 e. The van der Waals surface area contributed by atoms with Gasteiger partial charge in [0.1, 0.15) is 18.0 Å². The number of nitrogens with zero attached hydrogens (tertiary/aromatic N) is 4. The van der Waals surface area contributed by atoms with Crippen molar-refractivity contribution in [2.45, 2.75) is 23.1 Å². The Morgan fingerprint density at radius 3 is 2.82 bits per heavy atom. The average Bonchev–Trinajstić information content (AvgIpc) is 2.89. The van der Waals surface area contributed by atoms with Crippen LogP contribution in [0.4, 0.5) is 0 Å². The fraction of sp³-hybridized carbons (Fsp3) is 0.250. The second kappa shape index (κ2) is 6.06. The molecule has 1 heterocycles. The van der Waals surface area contributed by atoms with Gasteiger partial charge in [0.2, 0.25) is 0 Å². The van der Waals surface area contributed by atoms with Crippen molar-refractivity contribution in [1.29, 1.82) is 5.26 Å². The highest BCUT2D eigenvalue weighted by atomic mass is 32.2. The van der Waals surface area contributed by atoms with E-state index in [0.717, 1.165) is 6.42 Å². The number of hydrogen-bond acceptors (Lipinski definition) is 4. The van der Waals surface area contributed by atoms with Crippen LogP contribution in [-0.2, 0) is 0 Å². The lowest BCUT2D eigenvalue weighted by Gasteiger charge is -2.14. The van der Waals surface area contributed by atoms with Crippen molar-refractivity contribution in [2.24, 2.45) is 0 Å². The summed E-state index contributed by atoms with van der Waals surface area (Å²) in [7, 11) is 0. The monoisotopic (exact) mass is 244 g/mol. The van der Waals surface area contributed by atoms with Gasteiger partial charge in [-0.15, -0.1) is 0 Å². The summed E-state index contributed by atoms with van der Waals surface area (Å²) >= 11 is 1.70. The zero-order valence-electron chi connectivity index (χ0n) is 9.23. The molecule has 0 fully saturated rings. The van der Waals surface area contributed by atoms with Crippen LogP contribution in [0, 0.1) is 11.3 Å². The predicted octanol–water partition coefficient (Wildman–Crippen LogP) is 2.87. The molecule has 0 aliphatic rings. The van der Waals surface area contributed by atoms with E-state index >= 15 is 0 Å². The number of benzene rings is 1. The van der Waals surface area contributed by atoms with Gasteiger partial charge in [-0.05, 0) is 18.6 Å². The molecule has 0 amide bonds. The van der Waals surface area contributed by atoms with Crippen LogP contribution < -0.4 is 0 Å². The standard InChI is InChI=1S/C12H12N4S/c13-8-4-7-12(16-10-14-9-15-16)17-11-5-2-1-3-6-11/h1-3,5-6,9-10,12H,4,7H2. The summed E-state index contributed by atoms with van der Waals surface area (Å²) in [5.41, 5.74) is 0. The molecule has 0 saturated carbocycles. The summed E-state index contributed by atoms with van der Waals surface area (Å²) in [5, 5.41) is 12.9. The molecule has 0 radical (unpaired) electrons. The van der Waals surface area contributed by atoms with E-state index in [9.17, 15) is 0 Å². The number of hydrogen-bond donors (Lipinski definition) is 0. The third kappa shape index (κ3) is 3.33. The second-order valence-corrected chi connectivity index (χ2v) is 4.71. The molecule has 0 aliphatic heterocycles. The molecule has 0 aliphatic carbocycles. The van der Waals surface area contributed by atoms with Crippen LogP contribution in [-0.4, -0.2) is 14.8 Å². The fourth-order valence-electron chi connectivity index (χ4n) is 1.46. The summed E-state index contributed by atoms with van der Waals surface area (Å²) in [5.74, 6) is 0. The van der Waals surface area contributed by atoms with Crippen molar-refractivity contribution in [3.8, 4) is 6.07 Å². The molecular formula is C12H12N4S. The van der Waals surface area contributed by atoms with E-state index in [1.54, 1.807) is 22.8 Å². The van der Waals surface area contributed by atoms with Gasteiger partial charge >= 0.3 is 0 Å². The summed E-state index contributed by atoms with van der Waals surface area (Å²) in [6.45, 7) is 0. The third-order valence-electron chi connectivity index (χ3n) is 2.25. The maximum Gasteiger partial charge on any atom is 0.137 e. The van der Waals surface area contributed by atoms with Crippen LogP contribution in [0.3, 0.4) is 0 Å². The average molecular weight is 244 g/mol. The van der Waals surface area contributed by atoms with Crippen LogP contribution in [0.5, 0.6) is 0 Å². The highest BCUT2D eigenvalue weighted by molar-refractivity contribution is 7.99. The first-order valence-corrected chi connectivity index (χ1v) is 6.21. The summed E-state index contributed by atoms with van der Waals surface area (Å²) < 4.78 is 1.80. The Balaban J connectivity index is 2.09. The summed E-state index contributed by atoms with van der Waals surface area (Å²) in [6, 6.07) is 12.3. The lowest BCUT2D eigenvalue weighted by atomic mass is 10.3. The molecule has 4 nitrogen and oxygen atoms in total. The van der Waals surface area contributed by atoms with Gasteiger partial charge in [-0.1, -0.05) is 30.0 Å². The number of nitriles is 1. The van der Waals surface area contributed by atoms with E-state index in [-0.39, 0.29) is 5.37 Å². The molecule has 1 aromatic heterocycles. The van der Waals surface area contributed by atoms with Crippen LogP contribution >= 0.6 is 11.8 Å².